The highest BCUT2D eigenvalue weighted by Gasteiger charge is 2.27. The molecule has 1 aliphatic rings. The number of oxazole rings is 1. The second-order valence-electron chi connectivity index (χ2n) is 6.22. The van der Waals surface area contributed by atoms with Gasteiger partial charge in [-0.25, -0.2) is 4.98 Å². The van der Waals surface area contributed by atoms with Gasteiger partial charge in [-0.05, 0) is 25.5 Å². The minimum Gasteiger partial charge on any atom is -0.439 e. The van der Waals surface area contributed by atoms with E-state index in [9.17, 15) is 5.11 Å². The van der Waals surface area contributed by atoms with E-state index >= 15 is 0 Å². The molecule has 22 heavy (non-hydrogen) atoms. The molecule has 3 rings (SSSR count). The van der Waals surface area contributed by atoms with Crippen molar-refractivity contribution in [3.8, 4) is 0 Å². The normalized spacial score (nSPS) is 22.2. The summed E-state index contributed by atoms with van der Waals surface area (Å²) in [7, 11) is 0. The van der Waals surface area contributed by atoms with Crippen molar-refractivity contribution < 1.29 is 9.52 Å². The van der Waals surface area contributed by atoms with Crippen molar-refractivity contribution in [1.29, 1.82) is 0 Å². The average Bonchev–Trinajstić information content (AvgIpc) is 2.90. The predicted molar refractivity (Wildman–Crippen MR) is 86.6 cm³/mol. The Hall–Kier alpha value is -1.43. The topological polar surface area (TPSA) is 52.7 Å². The number of para-hydroxylation sites is 2. The van der Waals surface area contributed by atoms with Crippen LogP contribution < -0.4 is 0 Å². The first-order valence-electron chi connectivity index (χ1n) is 8.14. The van der Waals surface area contributed by atoms with E-state index in [2.05, 4.69) is 21.7 Å². The van der Waals surface area contributed by atoms with Crippen LogP contribution in [0.2, 0.25) is 0 Å². The van der Waals surface area contributed by atoms with E-state index in [0.29, 0.717) is 6.04 Å². The summed E-state index contributed by atoms with van der Waals surface area (Å²) in [6.45, 7) is 8.57. The van der Waals surface area contributed by atoms with Crippen molar-refractivity contribution >= 4 is 11.1 Å². The number of aromatic nitrogens is 1. The van der Waals surface area contributed by atoms with E-state index in [1.807, 2.05) is 31.2 Å². The maximum atomic E-state index is 9.62. The zero-order chi connectivity index (χ0) is 15.5. The number of fused-ring (bicyclic) bond motifs is 1. The van der Waals surface area contributed by atoms with Crippen molar-refractivity contribution in [2.75, 3.05) is 26.2 Å². The molecule has 1 saturated heterocycles. The van der Waals surface area contributed by atoms with Gasteiger partial charge in [0, 0.05) is 32.2 Å². The van der Waals surface area contributed by atoms with Crippen LogP contribution in [-0.4, -0.2) is 58.2 Å². The van der Waals surface area contributed by atoms with E-state index in [0.717, 1.165) is 56.1 Å². The standard InChI is InChI=1S/C17H25N3O2/c1-3-14-11-19(8-9-20(14)10-13(2)21)12-17-18-15-6-4-5-7-16(15)22-17/h4-7,13-14,21H,3,8-12H2,1-2H3. The van der Waals surface area contributed by atoms with Crippen LogP contribution >= 0.6 is 0 Å². The highest BCUT2D eigenvalue weighted by molar-refractivity contribution is 5.72. The van der Waals surface area contributed by atoms with E-state index in [4.69, 9.17) is 4.42 Å². The summed E-state index contributed by atoms with van der Waals surface area (Å²) in [4.78, 5) is 9.36. The number of aliphatic hydroxyl groups is 1. The minimum absolute atomic E-state index is 0.266. The Morgan fingerprint density at radius 2 is 2.18 bits per heavy atom. The third kappa shape index (κ3) is 3.48. The Bertz CT molecular complexity index is 578. The summed E-state index contributed by atoms with van der Waals surface area (Å²) in [5, 5.41) is 9.62. The lowest BCUT2D eigenvalue weighted by Crippen LogP contribution is -2.54. The minimum atomic E-state index is -0.266. The van der Waals surface area contributed by atoms with Crippen LogP contribution in [0.5, 0.6) is 0 Å². The molecule has 2 atom stereocenters. The highest BCUT2D eigenvalue weighted by Crippen LogP contribution is 2.19. The molecule has 1 aromatic carbocycles. The Labute approximate surface area is 131 Å². The first kappa shape index (κ1) is 15.5. The zero-order valence-electron chi connectivity index (χ0n) is 13.4. The third-order valence-corrected chi connectivity index (χ3v) is 4.36. The van der Waals surface area contributed by atoms with Crippen LogP contribution in [0.4, 0.5) is 0 Å². The molecule has 2 aromatic rings. The molecule has 2 unspecified atom stereocenters. The molecule has 0 spiro atoms. The van der Waals surface area contributed by atoms with Gasteiger partial charge in [-0.15, -0.1) is 0 Å². The second kappa shape index (κ2) is 6.77. The van der Waals surface area contributed by atoms with Gasteiger partial charge in [0.15, 0.2) is 5.58 Å². The monoisotopic (exact) mass is 303 g/mol. The Morgan fingerprint density at radius 1 is 1.36 bits per heavy atom. The maximum Gasteiger partial charge on any atom is 0.209 e. The molecular formula is C17H25N3O2. The molecule has 5 heteroatoms. The van der Waals surface area contributed by atoms with E-state index in [1.165, 1.54) is 0 Å². The Balaban J connectivity index is 1.64. The van der Waals surface area contributed by atoms with Crippen molar-refractivity contribution in [3.05, 3.63) is 30.2 Å². The van der Waals surface area contributed by atoms with Crippen LogP contribution in [0.15, 0.2) is 28.7 Å². The Kier molecular flexibility index (Phi) is 4.76. The van der Waals surface area contributed by atoms with E-state index < -0.39 is 0 Å². The number of benzene rings is 1. The molecule has 1 aliphatic heterocycles. The quantitative estimate of drug-likeness (QED) is 0.917. The van der Waals surface area contributed by atoms with Gasteiger partial charge >= 0.3 is 0 Å². The van der Waals surface area contributed by atoms with Crippen molar-refractivity contribution in [1.82, 2.24) is 14.8 Å². The fourth-order valence-electron chi connectivity index (χ4n) is 3.25. The smallest absolute Gasteiger partial charge is 0.209 e. The number of rotatable bonds is 5. The van der Waals surface area contributed by atoms with Crippen molar-refractivity contribution in [2.45, 2.75) is 39.0 Å². The van der Waals surface area contributed by atoms with Crippen molar-refractivity contribution in [3.63, 3.8) is 0 Å². The van der Waals surface area contributed by atoms with Crippen molar-refractivity contribution in [2.24, 2.45) is 0 Å². The number of β-amino-alcohol motifs (C(OH)–C–C–N with tert-alkyl or cyclic N) is 1. The molecular weight excluding hydrogens is 278 g/mol. The molecule has 5 nitrogen and oxygen atoms in total. The van der Waals surface area contributed by atoms with Gasteiger partial charge in [0.2, 0.25) is 5.89 Å². The lowest BCUT2D eigenvalue weighted by Gasteiger charge is -2.41. The summed E-state index contributed by atoms with van der Waals surface area (Å²) >= 11 is 0. The predicted octanol–water partition coefficient (Wildman–Crippen LogP) is 2.10. The fraction of sp³-hybridized carbons (Fsp3) is 0.588. The first-order chi connectivity index (χ1) is 10.7. The van der Waals surface area contributed by atoms with Crippen LogP contribution in [0.1, 0.15) is 26.2 Å². The van der Waals surface area contributed by atoms with E-state index in [-0.39, 0.29) is 6.10 Å². The SMILES string of the molecule is CCC1CN(Cc2nc3ccccc3o2)CCN1CC(C)O. The number of piperazine rings is 1. The van der Waals surface area contributed by atoms with Gasteiger partial charge < -0.3 is 9.52 Å². The summed E-state index contributed by atoms with van der Waals surface area (Å²) < 4.78 is 5.82. The molecule has 0 amide bonds. The highest BCUT2D eigenvalue weighted by atomic mass is 16.3. The number of nitrogens with zero attached hydrogens (tertiary/aromatic N) is 3. The van der Waals surface area contributed by atoms with E-state index in [1.54, 1.807) is 0 Å². The Morgan fingerprint density at radius 3 is 2.91 bits per heavy atom. The van der Waals surface area contributed by atoms with Crippen LogP contribution in [-0.2, 0) is 6.54 Å². The summed E-state index contributed by atoms with van der Waals surface area (Å²) in [6.07, 6.45) is 0.828. The zero-order valence-corrected chi connectivity index (χ0v) is 13.4. The second-order valence-corrected chi connectivity index (χ2v) is 6.22. The molecule has 0 saturated carbocycles. The van der Waals surface area contributed by atoms with Crippen LogP contribution in [0.25, 0.3) is 11.1 Å². The number of hydrogen-bond donors (Lipinski definition) is 1. The molecule has 0 bridgehead atoms. The molecule has 120 valence electrons. The first-order valence-corrected chi connectivity index (χ1v) is 8.14. The summed E-state index contributed by atoms with van der Waals surface area (Å²) in [5.74, 6) is 0.792. The van der Waals surface area contributed by atoms with Crippen LogP contribution in [0, 0.1) is 0 Å². The van der Waals surface area contributed by atoms with Gasteiger partial charge in [0.05, 0.1) is 12.6 Å². The van der Waals surface area contributed by atoms with Gasteiger partial charge in [-0.3, -0.25) is 9.80 Å². The number of aliphatic hydroxyl groups excluding tert-OH is 1. The molecule has 0 aliphatic carbocycles. The summed E-state index contributed by atoms with van der Waals surface area (Å²) in [6, 6.07) is 8.39. The third-order valence-electron chi connectivity index (χ3n) is 4.36. The largest absolute Gasteiger partial charge is 0.439 e. The molecule has 1 fully saturated rings. The molecule has 1 N–H and O–H groups in total. The molecule has 2 heterocycles. The lowest BCUT2D eigenvalue weighted by atomic mass is 10.1. The summed E-state index contributed by atoms with van der Waals surface area (Å²) in [5.41, 5.74) is 1.79. The average molecular weight is 303 g/mol. The van der Waals surface area contributed by atoms with Crippen LogP contribution in [0.3, 0.4) is 0 Å². The maximum absolute atomic E-state index is 9.62. The lowest BCUT2D eigenvalue weighted by molar-refractivity contribution is 0.0311. The molecule has 1 aromatic heterocycles. The molecule has 0 radical (unpaired) electrons. The fourth-order valence-corrected chi connectivity index (χ4v) is 3.25. The number of hydrogen-bond acceptors (Lipinski definition) is 5. The van der Waals surface area contributed by atoms with Gasteiger partial charge in [0.25, 0.3) is 0 Å². The van der Waals surface area contributed by atoms with Gasteiger partial charge in [0.1, 0.15) is 5.52 Å². The van der Waals surface area contributed by atoms with Gasteiger partial charge in [-0.2, -0.15) is 0 Å². The van der Waals surface area contributed by atoms with Gasteiger partial charge in [-0.1, -0.05) is 19.1 Å².